The van der Waals surface area contributed by atoms with Gasteiger partial charge < -0.3 is 10.0 Å². The number of aliphatic hydroxyl groups excluding tert-OH is 1. The van der Waals surface area contributed by atoms with Crippen molar-refractivity contribution in [1.82, 2.24) is 9.97 Å². The Bertz CT molecular complexity index is 494. The molecule has 110 valence electrons. The highest BCUT2D eigenvalue weighted by molar-refractivity contribution is 6.30. The van der Waals surface area contributed by atoms with Gasteiger partial charge in [-0.25, -0.2) is 9.97 Å². The van der Waals surface area contributed by atoms with Gasteiger partial charge in [-0.2, -0.15) is 0 Å². The fourth-order valence-electron chi connectivity index (χ4n) is 2.92. The van der Waals surface area contributed by atoms with Crippen LogP contribution in [-0.2, 0) is 0 Å². The first kappa shape index (κ1) is 14.1. The Labute approximate surface area is 125 Å². The second-order valence-electron chi connectivity index (χ2n) is 6.16. The average molecular weight is 296 g/mol. The van der Waals surface area contributed by atoms with Crippen LogP contribution in [0.25, 0.3) is 0 Å². The molecular weight excluding hydrogens is 274 g/mol. The van der Waals surface area contributed by atoms with Crippen molar-refractivity contribution in [3.8, 4) is 0 Å². The molecule has 1 aliphatic heterocycles. The number of rotatable bonds is 3. The molecular formula is C15H22ClN3O. The quantitative estimate of drug-likeness (QED) is 0.871. The molecule has 0 radical (unpaired) electrons. The summed E-state index contributed by atoms with van der Waals surface area (Å²) < 4.78 is 0. The van der Waals surface area contributed by atoms with E-state index in [0.29, 0.717) is 17.0 Å². The molecule has 20 heavy (non-hydrogen) atoms. The van der Waals surface area contributed by atoms with Crippen LogP contribution in [0, 0.1) is 12.8 Å². The summed E-state index contributed by atoms with van der Waals surface area (Å²) >= 11 is 6.27. The van der Waals surface area contributed by atoms with Crippen molar-refractivity contribution < 1.29 is 5.11 Å². The normalized spacial score (nSPS) is 22.1. The minimum absolute atomic E-state index is 0.214. The van der Waals surface area contributed by atoms with E-state index in [0.717, 1.165) is 43.1 Å². The lowest BCUT2D eigenvalue weighted by atomic mass is 9.92. The first-order valence-corrected chi connectivity index (χ1v) is 7.91. The van der Waals surface area contributed by atoms with Gasteiger partial charge >= 0.3 is 0 Å². The molecule has 1 aromatic heterocycles. The molecule has 1 aromatic rings. The number of hydrogen-bond acceptors (Lipinski definition) is 4. The third-order valence-electron chi connectivity index (χ3n) is 4.54. The Hall–Kier alpha value is -0.870. The zero-order chi connectivity index (χ0) is 14.3. The third-order valence-corrected chi connectivity index (χ3v) is 4.91. The number of halogens is 1. The van der Waals surface area contributed by atoms with Gasteiger partial charge in [0.15, 0.2) is 0 Å². The summed E-state index contributed by atoms with van der Waals surface area (Å²) in [6.45, 7) is 5.76. The van der Waals surface area contributed by atoms with Gasteiger partial charge in [0.1, 0.15) is 16.8 Å². The number of piperidine rings is 1. The first-order valence-electron chi connectivity index (χ1n) is 7.53. The zero-order valence-electron chi connectivity index (χ0n) is 12.1. The molecule has 1 atom stereocenters. The van der Waals surface area contributed by atoms with E-state index >= 15 is 0 Å². The largest absolute Gasteiger partial charge is 0.393 e. The molecule has 0 aromatic carbocycles. The lowest BCUT2D eigenvalue weighted by Gasteiger charge is -2.34. The zero-order valence-corrected chi connectivity index (χ0v) is 12.9. The van der Waals surface area contributed by atoms with Gasteiger partial charge in [0.2, 0.25) is 0 Å². The standard InChI is InChI=1S/C15H22ClN3O/c1-9-13(16)17-14(12-3-4-12)18-15(9)19-7-5-11(6-8-19)10(2)20/h10-12,20H,3-8H2,1-2H3. The van der Waals surface area contributed by atoms with Crippen molar-refractivity contribution in [1.29, 1.82) is 0 Å². The molecule has 2 aliphatic rings. The second kappa shape index (κ2) is 5.49. The Morgan fingerprint density at radius 2 is 1.85 bits per heavy atom. The predicted molar refractivity (Wildman–Crippen MR) is 80.4 cm³/mol. The van der Waals surface area contributed by atoms with Gasteiger partial charge in [0, 0.05) is 24.6 Å². The lowest BCUT2D eigenvalue weighted by Crippen LogP contribution is -2.38. The van der Waals surface area contributed by atoms with Crippen LogP contribution in [0.3, 0.4) is 0 Å². The summed E-state index contributed by atoms with van der Waals surface area (Å²) in [5, 5.41) is 10.3. The lowest BCUT2D eigenvalue weighted by molar-refractivity contribution is 0.109. The van der Waals surface area contributed by atoms with Crippen molar-refractivity contribution in [2.24, 2.45) is 5.92 Å². The van der Waals surface area contributed by atoms with Crippen molar-refractivity contribution in [2.45, 2.75) is 51.6 Å². The molecule has 0 spiro atoms. The van der Waals surface area contributed by atoms with Gasteiger partial charge in [-0.1, -0.05) is 11.6 Å². The Morgan fingerprint density at radius 1 is 1.20 bits per heavy atom. The van der Waals surface area contributed by atoms with Gasteiger partial charge in [0.05, 0.1) is 6.10 Å². The van der Waals surface area contributed by atoms with E-state index in [1.807, 2.05) is 13.8 Å². The topological polar surface area (TPSA) is 49.2 Å². The molecule has 2 heterocycles. The Balaban J connectivity index is 1.80. The van der Waals surface area contributed by atoms with Crippen molar-refractivity contribution >= 4 is 17.4 Å². The van der Waals surface area contributed by atoms with Crippen LogP contribution in [0.5, 0.6) is 0 Å². The van der Waals surface area contributed by atoms with Crippen LogP contribution in [0.2, 0.25) is 5.15 Å². The van der Waals surface area contributed by atoms with Crippen molar-refractivity contribution in [3.05, 3.63) is 16.5 Å². The van der Waals surface area contributed by atoms with E-state index < -0.39 is 0 Å². The Morgan fingerprint density at radius 3 is 2.40 bits per heavy atom. The van der Waals surface area contributed by atoms with Crippen LogP contribution >= 0.6 is 11.6 Å². The molecule has 1 unspecified atom stereocenters. The van der Waals surface area contributed by atoms with E-state index in [1.165, 1.54) is 12.8 Å². The molecule has 2 fully saturated rings. The third kappa shape index (κ3) is 2.77. The minimum Gasteiger partial charge on any atom is -0.393 e. The number of hydrogen-bond donors (Lipinski definition) is 1. The summed E-state index contributed by atoms with van der Waals surface area (Å²) in [4.78, 5) is 11.5. The summed E-state index contributed by atoms with van der Waals surface area (Å²) in [5.41, 5.74) is 0.978. The van der Waals surface area contributed by atoms with Gasteiger partial charge in [-0.05, 0) is 45.4 Å². The summed E-state index contributed by atoms with van der Waals surface area (Å²) in [7, 11) is 0. The van der Waals surface area contributed by atoms with E-state index in [1.54, 1.807) is 0 Å². The fraction of sp³-hybridized carbons (Fsp3) is 0.733. The monoisotopic (exact) mass is 295 g/mol. The van der Waals surface area contributed by atoms with Crippen LogP contribution in [-0.4, -0.2) is 34.3 Å². The van der Waals surface area contributed by atoms with E-state index in [-0.39, 0.29) is 6.10 Å². The molecule has 0 bridgehead atoms. The predicted octanol–water partition coefficient (Wildman–Crippen LogP) is 2.91. The van der Waals surface area contributed by atoms with Crippen LogP contribution in [0.4, 0.5) is 5.82 Å². The first-order chi connectivity index (χ1) is 9.56. The van der Waals surface area contributed by atoms with Crippen LogP contribution in [0.15, 0.2) is 0 Å². The average Bonchev–Trinajstić information content (AvgIpc) is 3.26. The van der Waals surface area contributed by atoms with E-state index in [9.17, 15) is 5.11 Å². The number of nitrogens with zero attached hydrogens (tertiary/aromatic N) is 3. The fourth-order valence-corrected chi connectivity index (χ4v) is 3.09. The molecule has 4 nitrogen and oxygen atoms in total. The van der Waals surface area contributed by atoms with Crippen LogP contribution in [0.1, 0.15) is 49.9 Å². The van der Waals surface area contributed by atoms with Crippen molar-refractivity contribution in [2.75, 3.05) is 18.0 Å². The molecule has 0 amide bonds. The SMILES string of the molecule is Cc1c(Cl)nc(C2CC2)nc1N1CCC(C(C)O)CC1. The highest BCUT2D eigenvalue weighted by Gasteiger charge is 2.30. The van der Waals surface area contributed by atoms with E-state index in [4.69, 9.17) is 16.6 Å². The molecule has 5 heteroatoms. The number of anilines is 1. The maximum Gasteiger partial charge on any atom is 0.137 e. The van der Waals surface area contributed by atoms with Gasteiger partial charge in [0.25, 0.3) is 0 Å². The summed E-state index contributed by atoms with van der Waals surface area (Å²) in [6.07, 6.45) is 4.18. The number of aliphatic hydroxyl groups is 1. The summed E-state index contributed by atoms with van der Waals surface area (Å²) in [5.74, 6) is 2.83. The number of aromatic nitrogens is 2. The van der Waals surface area contributed by atoms with E-state index in [2.05, 4.69) is 9.88 Å². The molecule has 3 rings (SSSR count). The maximum atomic E-state index is 9.69. The Kier molecular flexibility index (Phi) is 3.87. The highest BCUT2D eigenvalue weighted by Crippen LogP contribution is 2.40. The molecule has 1 aliphatic carbocycles. The minimum atomic E-state index is -0.214. The second-order valence-corrected chi connectivity index (χ2v) is 6.52. The molecule has 1 saturated carbocycles. The summed E-state index contributed by atoms with van der Waals surface area (Å²) in [6, 6.07) is 0. The smallest absolute Gasteiger partial charge is 0.137 e. The highest BCUT2D eigenvalue weighted by atomic mass is 35.5. The maximum absolute atomic E-state index is 9.69. The van der Waals surface area contributed by atoms with Gasteiger partial charge in [-0.3, -0.25) is 0 Å². The molecule has 1 N–H and O–H groups in total. The van der Waals surface area contributed by atoms with Gasteiger partial charge in [-0.15, -0.1) is 0 Å². The van der Waals surface area contributed by atoms with Crippen LogP contribution < -0.4 is 4.90 Å². The molecule has 1 saturated heterocycles. The van der Waals surface area contributed by atoms with Crippen molar-refractivity contribution in [3.63, 3.8) is 0 Å².